The third-order valence-electron chi connectivity index (χ3n) is 8.70. The maximum Gasteiger partial charge on any atom is 0.510 e. The molecule has 7 heterocycles. The van der Waals surface area contributed by atoms with Crippen LogP contribution in [0.4, 0.5) is 25.7 Å². The van der Waals surface area contributed by atoms with Crippen molar-refractivity contribution in [1.29, 1.82) is 0 Å². The quantitative estimate of drug-likeness (QED) is 0.0999. The first-order valence-corrected chi connectivity index (χ1v) is 21.0. The number of fused-ring (bicyclic) bond motifs is 5. The molecule has 61 heavy (non-hydrogen) atoms. The standard InChI is InChI=1S/C30H39FN10O18P2/c1-12(2)54-29(44)48-10-52-60(46)50-5-14-19(42)21(27(56-14)41-9-37-18-24(41)38-28(33)39-25(18)43)59-61(47,53-11-49-30(45)55-13(3)4)51-6-15-20(58-60)16(31)26(57-15)40-8-36-17-22(32)34-7-35-23(17)40/h7-9,12-16,19-21,26-27,42H,5-6,10-11H2,1-4H3,(H2,32,34,35)(H3,33,38,39,43)/t14?,15?,16?,19?,20?,21?,26-,27-,60?,61?/m1/s1. The van der Waals surface area contributed by atoms with Crippen LogP contribution in [0.2, 0.25) is 0 Å². The first-order valence-electron chi connectivity index (χ1n) is 18.0. The number of phosphoric ester groups is 2. The maximum absolute atomic E-state index is 16.8. The van der Waals surface area contributed by atoms with Crippen molar-refractivity contribution in [1.82, 2.24) is 39.0 Å². The van der Waals surface area contributed by atoms with Gasteiger partial charge in [-0.05, 0) is 27.7 Å². The lowest BCUT2D eigenvalue weighted by molar-refractivity contribution is -0.0815. The van der Waals surface area contributed by atoms with Gasteiger partial charge in [0.2, 0.25) is 19.5 Å². The van der Waals surface area contributed by atoms with Gasteiger partial charge >= 0.3 is 28.0 Å². The van der Waals surface area contributed by atoms with Gasteiger partial charge in [0.05, 0.1) is 38.1 Å². The Morgan fingerprint density at radius 2 is 1.41 bits per heavy atom. The van der Waals surface area contributed by atoms with Crippen molar-refractivity contribution in [2.24, 2.45) is 0 Å². The Morgan fingerprint density at radius 3 is 2.03 bits per heavy atom. The summed E-state index contributed by atoms with van der Waals surface area (Å²) in [6.07, 6.45) is -15.2. The second-order valence-electron chi connectivity index (χ2n) is 13.7. The summed E-state index contributed by atoms with van der Waals surface area (Å²) >= 11 is 0. The molecular weight excluding hydrogens is 869 g/mol. The number of hydrogen-bond donors (Lipinski definition) is 4. The maximum atomic E-state index is 16.8. The zero-order chi connectivity index (χ0) is 43.8. The molecule has 0 amide bonds. The molecular formula is C30H39FN10O18P2. The zero-order valence-electron chi connectivity index (χ0n) is 32.3. The van der Waals surface area contributed by atoms with E-state index in [4.69, 9.17) is 67.0 Å². The molecule has 4 aromatic rings. The molecule has 0 spiro atoms. The summed E-state index contributed by atoms with van der Waals surface area (Å²) in [5.74, 6) is -0.395. The number of ether oxygens (including phenoxy) is 6. The summed E-state index contributed by atoms with van der Waals surface area (Å²) in [4.78, 5) is 59.4. The summed E-state index contributed by atoms with van der Waals surface area (Å²) in [6.45, 7) is 1.94. The fraction of sp³-hybridized carbons (Fsp3) is 0.600. The van der Waals surface area contributed by atoms with Crippen LogP contribution in [0.5, 0.6) is 0 Å². The first-order chi connectivity index (χ1) is 28.9. The van der Waals surface area contributed by atoms with Gasteiger partial charge in [-0.15, -0.1) is 0 Å². The van der Waals surface area contributed by atoms with Gasteiger partial charge in [-0.25, -0.2) is 52.1 Å². The van der Waals surface area contributed by atoms with Crippen LogP contribution in [0.15, 0.2) is 23.8 Å². The number of nitrogens with one attached hydrogen (secondary N) is 1. The molecule has 6 N–H and O–H groups in total. The molecule has 0 aliphatic carbocycles. The van der Waals surface area contributed by atoms with E-state index in [0.717, 1.165) is 28.1 Å². The van der Waals surface area contributed by atoms with Gasteiger partial charge < -0.3 is 45.0 Å². The number of carbonyl (C=O) groups excluding carboxylic acids is 2. The molecule has 0 aromatic carbocycles. The topological polar surface area (TPSA) is 358 Å². The SMILES string of the molecule is CC(C)OC(=O)OCOP1(=O)OCC2O[C@@H](n3cnc4c(=O)[nH]c(N)nc43)C(OP(=O)(OCOC(=O)OC(C)C)OCC3O[C@@H](n4cnc5c(N)ncnc54)C(F)C3O1)C2O. The largest absolute Gasteiger partial charge is 0.510 e. The fourth-order valence-electron chi connectivity index (χ4n) is 6.11. The molecule has 4 aromatic heterocycles. The van der Waals surface area contributed by atoms with E-state index in [-0.39, 0.29) is 34.1 Å². The molecule has 0 radical (unpaired) electrons. The Bertz CT molecular complexity index is 2400. The predicted octanol–water partition coefficient (Wildman–Crippen LogP) is 1.72. The number of aliphatic hydroxyl groups is 1. The normalized spacial score (nSPS) is 30.8. The molecule has 3 saturated heterocycles. The Hall–Kier alpha value is -4.93. The van der Waals surface area contributed by atoms with Crippen molar-refractivity contribution < 1.29 is 83.8 Å². The van der Waals surface area contributed by atoms with Crippen LogP contribution in [0.1, 0.15) is 40.2 Å². The van der Waals surface area contributed by atoms with Crippen molar-refractivity contribution in [3.05, 3.63) is 29.3 Å². The van der Waals surface area contributed by atoms with Gasteiger partial charge in [0.25, 0.3) is 5.56 Å². The Kier molecular flexibility index (Phi) is 12.9. The van der Waals surface area contributed by atoms with Crippen LogP contribution in [0, 0.1) is 0 Å². The van der Waals surface area contributed by atoms with Gasteiger partial charge in [0.15, 0.2) is 41.3 Å². The third-order valence-corrected chi connectivity index (χ3v) is 11.5. The van der Waals surface area contributed by atoms with Crippen LogP contribution in [0.3, 0.4) is 0 Å². The van der Waals surface area contributed by atoms with E-state index in [2.05, 4.69) is 29.9 Å². The van der Waals surface area contributed by atoms with Crippen LogP contribution >= 0.6 is 15.6 Å². The third kappa shape index (κ3) is 9.61. The highest BCUT2D eigenvalue weighted by atomic mass is 31.2. The average Bonchev–Trinajstić information content (AvgIpc) is 3.94. The van der Waals surface area contributed by atoms with E-state index in [0.29, 0.717) is 0 Å². The number of rotatable bonds is 10. The minimum atomic E-state index is -5.19. The monoisotopic (exact) mass is 908 g/mol. The molecule has 2 bridgehead atoms. The van der Waals surface area contributed by atoms with Crippen molar-refractivity contribution in [3.8, 4) is 0 Å². The highest BCUT2D eigenvalue weighted by Gasteiger charge is 2.55. The summed E-state index contributed by atoms with van der Waals surface area (Å²) in [5, 5.41) is 11.6. The van der Waals surface area contributed by atoms with Crippen LogP contribution in [0.25, 0.3) is 22.3 Å². The molecule has 28 nitrogen and oxygen atoms in total. The number of imidazole rings is 2. The molecule has 3 fully saturated rings. The van der Waals surface area contributed by atoms with Gasteiger partial charge in [-0.3, -0.25) is 37.0 Å². The summed E-state index contributed by atoms with van der Waals surface area (Å²) in [6, 6.07) is 0. The van der Waals surface area contributed by atoms with E-state index in [1.807, 2.05) is 0 Å². The van der Waals surface area contributed by atoms with Crippen molar-refractivity contribution in [2.75, 3.05) is 38.3 Å². The van der Waals surface area contributed by atoms with Crippen LogP contribution in [-0.2, 0) is 64.7 Å². The zero-order valence-corrected chi connectivity index (χ0v) is 34.1. The van der Waals surface area contributed by atoms with Crippen molar-refractivity contribution >= 4 is 62.1 Å². The Balaban J connectivity index is 1.26. The molecule has 10 atom stereocenters. The number of carbonyl (C=O) groups is 2. The number of nitrogen functional groups attached to an aromatic ring is 2. The second kappa shape index (κ2) is 17.8. The Morgan fingerprint density at radius 1 is 0.852 bits per heavy atom. The smallest absolute Gasteiger partial charge is 0.432 e. The minimum absolute atomic E-state index is 0.00408. The highest BCUT2D eigenvalue weighted by Crippen LogP contribution is 2.58. The molecule has 8 unspecified atom stereocenters. The van der Waals surface area contributed by atoms with E-state index in [1.54, 1.807) is 0 Å². The number of anilines is 2. The minimum Gasteiger partial charge on any atom is -0.432 e. The molecule has 3 aliphatic rings. The number of H-pyrrole nitrogens is 1. The van der Waals surface area contributed by atoms with Gasteiger partial charge in [0.1, 0.15) is 42.4 Å². The molecule has 0 saturated carbocycles. The predicted molar refractivity (Wildman–Crippen MR) is 195 cm³/mol. The summed E-state index contributed by atoms with van der Waals surface area (Å²) in [7, 11) is -10.4. The Labute approximate surface area is 341 Å². The van der Waals surface area contributed by atoms with E-state index < -0.39 is 122 Å². The number of aromatic nitrogens is 8. The van der Waals surface area contributed by atoms with Gasteiger partial charge in [0, 0.05) is 0 Å². The number of alkyl halides is 1. The second-order valence-corrected chi connectivity index (χ2v) is 16.9. The van der Waals surface area contributed by atoms with Gasteiger partial charge in [-0.1, -0.05) is 0 Å². The summed E-state index contributed by atoms with van der Waals surface area (Å²) < 4.78 is 113. The lowest BCUT2D eigenvalue weighted by Crippen LogP contribution is -2.36. The van der Waals surface area contributed by atoms with E-state index >= 15 is 4.39 Å². The number of hydrogen-bond acceptors (Lipinski definition) is 25. The molecule has 31 heteroatoms. The molecule has 3 aliphatic heterocycles. The van der Waals surface area contributed by atoms with Gasteiger partial charge in [-0.2, -0.15) is 4.98 Å². The average molecular weight is 909 g/mol. The lowest BCUT2D eigenvalue weighted by Gasteiger charge is -2.28. The number of nitrogens with two attached hydrogens (primary N) is 2. The fourth-order valence-corrected chi connectivity index (χ4v) is 8.60. The highest BCUT2D eigenvalue weighted by molar-refractivity contribution is 7.48. The number of nitrogens with zero attached hydrogens (tertiary/aromatic N) is 7. The van der Waals surface area contributed by atoms with Crippen molar-refractivity contribution in [2.45, 2.75) is 89.1 Å². The van der Waals surface area contributed by atoms with Crippen LogP contribution < -0.4 is 17.0 Å². The lowest BCUT2D eigenvalue weighted by atomic mass is 10.1. The van der Waals surface area contributed by atoms with E-state index in [1.165, 1.54) is 27.7 Å². The first kappa shape index (κ1) is 44.1. The van der Waals surface area contributed by atoms with E-state index in [9.17, 15) is 28.6 Å². The number of halogens is 1. The number of aliphatic hydroxyl groups excluding tert-OH is 1. The van der Waals surface area contributed by atoms with Crippen molar-refractivity contribution in [3.63, 3.8) is 0 Å². The number of phosphoric acid groups is 2. The molecule has 7 rings (SSSR count). The summed E-state index contributed by atoms with van der Waals surface area (Å²) in [5.41, 5.74) is 10.6. The number of aromatic amines is 1. The molecule has 334 valence electrons. The van der Waals surface area contributed by atoms with Crippen LogP contribution in [-0.4, -0.2) is 132 Å².